The first kappa shape index (κ1) is 21.8. The Balaban J connectivity index is 1.88. The van der Waals surface area contributed by atoms with Crippen LogP contribution >= 0.6 is 0 Å². The number of hydrogen-bond acceptors (Lipinski definition) is 7. The van der Waals surface area contributed by atoms with Crippen LogP contribution in [0.25, 0.3) is 0 Å². The van der Waals surface area contributed by atoms with Gasteiger partial charge in [-0.2, -0.15) is 8.42 Å². The number of esters is 1. The summed E-state index contributed by atoms with van der Waals surface area (Å²) < 4.78 is 115. The zero-order valence-corrected chi connectivity index (χ0v) is 19.5. The van der Waals surface area contributed by atoms with E-state index in [9.17, 15) is 26.4 Å². The zero-order chi connectivity index (χ0) is 29.8. The van der Waals surface area contributed by atoms with Crippen molar-refractivity contribution in [2.75, 3.05) is 13.2 Å². The summed E-state index contributed by atoms with van der Waals surface area (Å²) in [5.41, 5.74) is 0.410. The number of hydrogen-bond donors (Lipinski definition) is 0. The average Bonchev–Trinajstić information content (AvgIpc) is 2.86. The number of ether oxygens (including phenoxy) is 3. The molecule has 36 heavy (non-hydrogen) atoms. The maximum atomic E-state index is 12.8. The van der Waals surface area contributed by atoms with Gasteiger partial charge in [-0.3, -0.25) is 4.18 Å². The Bertz CT molecular complexity index is 1400. The summed E-state index contributed by atoms with van der Waals surface area (Å²) in [4.78, 5) is 12.0. The van der Waals surface area contributed by atoms with Crippen molar-refractivity contribution >= 4 is 16.1 Å². The minimum Gasteiger partial charge on any atom is -0.459 e. The molecule has 0 radical (unpaired) electrons. The molecule has 7 nitrogen and oxygen atoms in total. The highest BCUT2D eigenvalue weighted by atomic mass is 32.2. The van der Waals surface area contributed by atoms with Gasteiger partial charge in [-0.25, -0.2) is 4.79 Å². The first-order chi connectivity index (χ1) is 18.5. The van der Waals surface area contributed by atoms with Crippen molar-refractivity contribution in [2.24, 2.45) is 0 Å². The molecule has 11 heteroatoms. The topological polar surface area (TPSA) is 88.1 Å². The molecule has 0 aliphatic carbocycles. The highest BCUT2D eigenvalue weighted by molar-refractivity contribution is 7.86. The van der Waals surface area contributed by atoms with E-state index in [0.29, 0.717) is 0 Å². The van der Waals surface area contributed by atoms with Gasteiger partial charge >= 0.3 is 12.3 Å². The molecule has 0 fully saturated rings. The number of carbonyl (C=O) groups is 1. The van der Waals surface area contributed by atoms with Crippen LogP contribution in [0.15, 0.2) is 83.8 Å². The van der Waals surface area contributed by atoms with E-state index in [1.54, 1.807) is 13.0 Å². The average molecular weight is 529 g/mol. The Hall–Kier alpha value is -3.41. The Kier molecular flexibility index (Phi) is 7.29. The van der Waals surface area contributed by atoms with E-state index in [1.165, 1.54) is 48.5 Å². The number of carbonyl (C=O) groups excluding carboxylic acids is 1. The van der Waals surface area contributed by atoms with E-state index >= 15 is 0 Å². The second-order valence-corrected chi connectivity index (χ2v) is 8.76. The summed E-state index contributed by atoms with van der Waals surface area (Å²) in [6.45, 7) is -5.53. The van der Waals surface area contributed by atoms with Crippen LogP contribution in [0.2, 0.25) is 0 Å². The van der Waals surface area contributed by atoms with Gasteiger partial charge in [0.1, 0.15) is 18.5 Å². The van der Waals surface area contributed by atoms with Crippen LogP contribution in [0.3, 0.4) is 0 Å². The standard InChI is InChI=1S/C25H23F3O7S/c1-18-7-13-23(14-8-18)36(30,31)34-17-22(16-33-24(29)20-5-3-2-4-6-20)32-15-19-9-11-21(12-10-19)35-25(26,27)28/h2-14,22H,15-17H2,1H3/t22-/m0/s1/i15D2,17D2. The number of alkyl halides is 3. The van der Waals surface area contributed by atoms with Gasteiger partial charge < -0.3 is 14.2 Å². The summed E-state index contributed by atoms with van der Waals surface area (Å²) in [5.74, 6) is -1.59. The lowest BCUT2D eigenvalue weighted by atomic mass is 10.2. The van der Waals surface area contributed by atoms with E-state index in [0.717, 1.165) is 29.8 Å². The monoisotopic (exact) mass is 528 g/mol. The fourth-order valence-corrected chi connectivity index (χ4v) is 3.43. The summed E-state index contributed by atoms with van der Waals surface area (Å²) in [5, 5.41) is 0. The Labute approximate surface area is 212 Å². The third kappa shape index (κ3) is 8.67. The maximum Gasteiger partial charge on any atom is 0.573 e. The van der Waals surface area contributed by atoms with Crippen LogP contribution < -0.4 is 4.74 Å². The summed E-state index contributed by atoms with van der Waals surface area (Å²) in [6, 6.07) is 16.2. The van der Waals surface area contributed by atoms with Gasteiger partial charge in [0.05, 0.1) is 29.1 Å². The quantitative estimate of drug-likeness (QED) is 0.255. The largest absolute Gasteiger partial charge is 0.573 e. The molecule has 0 N–H and O–H groups in total. The van der Waals surface area contributed by atoms with E-state index < -0.39 is 58.9 Å². The number of benzene rings is 3. The molecule has 0 spiro atoms. The van der Waals surface area contributed by atoms with Gasteiger partial charge in [0.2, 0.25) is 0 Å². The third-order valence-electron chi connectivity index (χ3n) is 4.38. The van der Waals surface area contributed by atoms with Crippen molar-refractivity contribution in [1.82, 2.24) is 0 Å². The molecule has 3 aromatic rings. The molecule has 0 saturated heterocycles. The van der Waals surface area contributed by atoms with Gasteiger partial charge in [-0.05, 0) is 48.9 Å². The minimum atomic E-state index is -4.99. The molecular formula is C25H23F3O7S. The van der Waals surface area contributed by atoms with Gasteiger partial charge in [-0.15, -0.1) is 13.2 Å². The number of rotatable bonds is 11. The maximum absolute atomic E-state index is 12.8. The minimum absolute atomic E-state index is 0.0678. The molecule has 0 heterocycles. The SMILES string of the molecule is [2H]C([2H])(O[C@@H](COC(=O)c1ccccc1)C([2H])([2H])OS(=O)(=O)c1ccc(C)cc1)c1ccc(OC(F)(F)F)cc1. The first-order valence-electron chi connectivity index (χ1n) is 12.3. The van der Waals surface area contributed by atoms with E-state index in [1.807, 2.05) is 0 Å². The molecule has 0 saturated carbocycles. The van der Waals surface area contributed by atoms with Gasteiger partial charge in [0.15, 0.2) is 0 Å². The van der Waals surface area contributed by atoms with Crippen LogP contribution in [-0.2, 0) is 30.3 Å². The molecule has 0 amide bonds. The molecule has 3 aromatic carbocycles. The predicted molar refractivity (Wildman–Crippen MR) is 123 cm³/mol. The van der Waals surface area contributed by atoms with Crippen LogP contribution in [-0.4, -0.2) is 40.0 Å². The normalized spacial score (nSPS) is 15.1. The van der Waals surface area contributed by atoms with Crippen LogP contribution in [0, 0.1) is 6.92 Å². The first-order valence-corrected chi connectivity index (χ1v) is 11.7. The van der Waals surface area contributed by atoms with E-state index in [4.69, 9.17) is 19.1 Å². The fraction of sp³-hybridized carbons (Fsp3) is 0.240. The fourth-order valence-electron chi connectivity index (χ4n) is 2.63. The summed E-state index contributed by atoms with van der Waals surface area (Å²) in [7, 11) is -4.75. The molecule has 0 aliphatic rings. The molecule has 0 bridgehead atoms. The third-order valence-corrected chi connectivity index (χ3v) is 5.55. The highest BCUT2D eigenvalue weighted by Crippen LogP contribution is 2.23. The second kappa shape index (κ2) is 12.0. The lowest BCUT2D eigenvalue weighted by Crippen LogP contribution is -2.28. The molecule has 0 unspecified atom stereocenters. The highest BCUT2D eigenvalue weighted by Gasteiger charge is 2.31. The smallest absolute Gasteiger partial charge is 0.459 e. The van der Waals surface area contributed by atoms with E-state index in [2.05, 4.69) is 4.74 Å². The molecular weight excluding hydrogens is 501 g/mol. The zero-order valence-electron chi connectivity index (χ0n) is 22.7. The predicted octanol–water partition coefficient (Wildman–Crippen LogP) is 5.04. The Morgan fingerprint density at radius 3 is 2.22 bits per heavy atom. The Morgan fingerprint density at radius 2 is 1.61 bits per heavy atom. The molecule has 0 aliphatic heterocycles. The van der Waals surface area contributed by atoms with Gasteiger partial charge in [0, 0.05) is 0 Å². The van der Waals surface area contributed by atoms with Crippen molar-refractivity contribution in [2.45, 2.75) is 30.8 Å². The van der Waals surface area contributed by atoms with E-state index in [-0.39, 0.29) is 11.1 Å². The Morgan fingerprint density at radius 1 is 0.972 bits per heavy atom. The van der Waals surface area contributed by atoms with Crippen LogP contribution in [0.1, 0.15) is 27.0 Å². The molecule has 3 rings (SSSR count). The van der Waals surface area contributed by atoms with Crippen molar-refractivity contribution in [3.63, 3.8) is 0 Å². The van der Waals surface area contributed by atoms with Crippen molar-refractivity contribution in [1.29, 1.82) is 0 Å². The lowest BCUT2D eigenvalue weighted by molar-refractivity contribution is -0.274. The van der Waals surface area contributed by atoms with Crippen LogP contribution in [0.5, 0.6) is 5.75 Å². The number of aryl methyl sites for hydroxylation is 1. The summed E-state index contributed by atoms with van der Waals surface area (Å²) in [6.07, 6.45) is -7.16. The van der Waals surface area contributed by atoms with Gasteiger partial charge in [-0.1, -0.05) is 48.0 Å². The van der Waals surface area contributed by atoms with Crippen molar-refractivity contribution < 1.29 is 50.3 Å². The molecule has 0 aromatic heterocycles. The number of halogens is 3. The second-order valence-electron chi connectivity index (χ2n) is 7.21. The molecule has 192 valence electrons. The van der Waals surface area contributed by atoms with Crippen molar-refractivity contribution in [3.05, 3.63) is 95.6 Å². The van der Waals surface area contributed by atoms with Crippen LogP contribution in [0.4, 0.5) is 13.2 Å². The molecule has 1 atom stereocenters. The van der Waals surface area contributed by atoms with Crippen molar-refractivity contribution in [3.8, 4) is 5.75 Å². The lowest BCUT2D eigenvalue weighted by Gasteiger charge is -2.18. The van der Waals surface area contributed by atoms with Gasteiger partial charge in [0.25, 0.3) is 10.1 Å². The summed E-state index contributed by atoms with van der Waals surface area (Å²) >= 11 is 0.